The van der Waals surface area contributed by atoms with Gasteiger partial charge in [-0.25, -0.2) is 13.1 Å². The number of nitrogens with one attached hydrogen (secondary N) is 1. The van der Waals surface area contributed by atoms with Crippen molar-refractivity contribution in [3.05, 3.63) is 102 Å². The second-order valence-electron chi connectivity index (χ2n) is 7.84. The van der Waals surface area contributed by atoms with Crippen LogP contribution in [0.4, 0.5) is 0 Å². The maximum Gasteiger partial charge on any atom is 0.241 e. The Kier molecular flexibility index (Phi) is 6.45. The zero-order valence-electron chi connectivity index (χ0n) is 18.0. The SMILES string of the molecule is O=S(=O)(NCc1ccc(Cc2ccc(O)c(O)c2)cc1)c1cc(O)c(O)cc1-c1ccccc1. The van der Waals surface area contributed by atoms with Gasteiger partial charge in [0.15, 0.2) is 23.0 Å². The van der Waals surface area contributed by atoms with E-state index in [9.17, 15) is 28.8 Å². The molecule has 4 rings (SSSR count). The molecule has 0 bridgehead atoms. The molecule has 0 aliphatic heterocycles. The third-order valence-corrected chi connectivity index (χ3v) is 6.83. The quantitative estimate of drug-likeness (QED) is 0.253. The molecule has 8 heteroatoms. The smallest absolute Gasteiger partial charge is 0.241 e. The number of aromatic hydroxyl groups is 4. The van der Waals surface area contributed by atoms with Gasteiger partial charge in [0.1, 0.15) is 0 Å². The Morgan fingerprint density at radius 3 is 1.88 bits per heavy atom. The molecular formula is C26H23NO6S. The molecule has 0 radical (unpaired) electrons. The van der Waals surface area contributed by atoms with Gasteiger partial charge in [0, 0.05) is 18.2 Å². The van der Waals surface area contributed by atoms with Crippen molar-refractivity contribution in [3.8, 4) is 34.1 Å². The van der Waals surface area contributed by atoms with Crippen molar-refractivity contribution in [3.63, 3.8) is 0 Å². The summed E-state index contributed by atoms with van der Waals surface area (Å²) in [6.45, 7) is 0.0263. The van der Waals surface area contributed by atoms with Crippen LogP contribution < -0.4 is 4.72 Å². The maximum absolute atomic E-state index is 13.1. The summed E-state index contributed by atoms with van der Waals surface area (Å²) < 4.78 is 28.7. The minimum Gasteiger partial charge on any atom is -0.504 e. The van der Waals surface area contributed by atoms with Crippen LogP contribution in [0.5, 0.6) is 23.0 Å². The number of benzene rings is 4. The first-order valence-electron chi connectivity index (χ1n) is 10.4. The molecule has 5 N–H and O–H groups in total. The standard InChI is InChI=1S/C26H23NO6S/c28-22-11-10-19(13-23(22)29)12-17-6-8-18(9-7-17)16-27-34(32,33)26-15-25(31)24(30)14-21(26)20-4-2-1-3-5-20/h1-11,13-15,27-31H,12,16H2. The summed E-state index contributed by atoms with van der Waals surface area (Å²) in [5.74, 6) is -1.29. The largest absolute Gasteiger partial charge is 0.504 e. The summed E-state index contributed by atoms with van der Waals surface area (Å²) in [6, 6.07) is 23.0. The summed E-state index contributed by atoms with van der Waals surface area (Å²) in [6.07, 6.45) is 0.535. The molecule has 0 heterocycles. The van der Waals surface area contributed by atoms with Crippen molar-refractivity contribution in [1.29, 1.82) is 0 Å². The highest BCUT2D eigenvalue weighted by molar-refractivity contribution is 7.89. The molecule has 0 atom stereocenters. The number of phenolic OH excluding ortho intramolecular Hbond substituents is 4. The van der Waals surface area contributed by atoms with Crippen LogP contribution in [-0.2, 0) is 23.0 Å². The van der Waals surface area contributed by atoms with Crippen LogP contribution in [0.1, 0.15) is 16.7 Å². The van der Waals surface area contributed by atoms with Crippen molar-refractivity contribution < 1.29 is 28.8 Å². The lowest BCUT2D eigenvalue weighted by molar-refractivity contribution is 0.402. The van der Waals surface area contributed by atoms with E-state index >= 15 is 0 Å². The van der Waals surface area contributed by atoms with Gasteiger partial charge in [0.25, 0.3) is 0 Å². The summed E-state index contributed by atoms with van der Waals surface area (Å²) >= 11 is 0. The summed E-state index contributed by atoms with van der Waals surface area (Å²) in [5.41, 5.74) is 3.36. The van der Waals surface area contributed by atoms with Gasteiger partial charge in [0.2, 0.25) is 10.0 Å². The molecule has 0 aliphatic carbocycles. The Hall–Kier alpha value is -4.01. The minimum absolute atomic E-state index is 0.0263. The average Bonchev–Trinajstić information content (AvgIpc) is 2.83. The second kappa shape index (κ2) is 9.46. The predicted octanol–water partition coefficient (Wildman–Crippen LogP) is 4.25. The lowest BCUT2D eigenvalue weighted by Crippen LogP contribution is -2.23. The van der Waals surface area contributed by atoms with Gasteiger partial charge < -0.3 is 20.4 Å². The Balaban J connectivity index is 1.51. The van der Waals surface area contributed by atoms with Gasteiger partial charge in [-0.05, 0) is 46.9 Å². The molecule has 0 aliphatic rings. The molecule has 34 heavy (non-hydrogen) atoms. The van der Waals surface area contributed by atoms with E-state index in [-0.39, 0.29) is 28.5 Å². The van der Waals surface area contributed by atoms with Crippen molar-refractivity contribution in [2.45, 2.75) is 17.9 Å². The molecule has 0 amide bonds. The van der Waals surface area contributed by atoms with E-state index in [1.54, 1.807) is 48.5 Å². The van der Waals surface area contributed by atoms with Crippen molar-refractivity contribution >= 4 is 10.0 Å². The monoisotopic (exact) mass is 477 g/mol. The Morgan fingerprint density at radius 1 is 0.618 bits per heavy atom. The minimum atomic E-state index is -4.02. The molecule has 0 aromatic heterocycles. The highest BCUT2D eigenvalue weighted by Gasteiger charge is 2.22. The fourth-order valence-corrected chi connectivity index (χ4v) is 4.81. The second-order valence-corrected chi connectivity index (χ2v) is 9.58. The molecule has 4 aromatic carbocycles. The number of rotatable bonds is 7. The van der Waals surface area contributed by atoms with Crippen LogP contribution in [0.2, 0.25) is 0 Å². The van der Waals surface area contributed by atoms with Crippen LogP contribution in [0, 0.1) is 0 Å². The molecule has 0 unspecified atom stereocenters. The van der Waals surface area contributed by atoms with Gasteiger partial charge in [-0.15, -0.1) is 0 Å². The van der Waals surface area contributed by atoms with Crippen molar-refractivity contribution in [2.75, 3.05) is 0 Å². The summed E-state index contributed by atoms with van der Waals surface area (Å²) in [4.78, 5) is -0.141. The Labute approximate surface area is 197 Å². The topological polar surface area (TPSA) is 127 Å². The first-order chi connectivity index (χ1) is 16.2. The van der Waals surface area contributed by atoms with E-state index in [2.05, 4.69) is 4.72 Å². The average molecular weight is 478 g/mol. The van der Waals surface area contributed by atoms with E-state index in [4.69, 9.17) is 0 Å². The van der Waals surface area contributed by atoms with E-state index in [1.165, 1.54) is 18.2 Å². The molecule has 7 nitrogen and oxygen atoms in total. The third-order valence-electron chi connectivity index (χ3n) is 5.39. The van der Waals surface area contributed by atoms with Gasteiger partial charge in [-0.2, -0.15) is 0 Å². The molecule has 0 saturated carbocycles. The predicted molar refractivity (Wildman–Crippen MR) is 128 cm³/mol. The molecule has 174 valence electrons. The van der Waals surface area contributed by atoms with Gasteiger partial charge in [-0.3, -0.25) is 0 Å². The Bertz CT molecular complexity index is 1420. The normalized spacial score (nSPS) is 11.4. The van der Waals surface area contributed by atoms with Gasteiger partial charge in [-0.1, -0.05) is 60.7 Å². The highest BCUT2D eigenvalue weighted by atomic mass is 32.2. The molecular weight excluding hydrogens is 454 g/mol. The molecule has 0 saturated heterocycles. The molecule has 0 spiro atoms. The number of hydrogen-bond acceptors (Lipinski definition) is 6. The number of phenols is 4. The lowest BCUT2D eigenvalue weighted by atomic mass is 10.0. The molecule has 4 aromatic rings. The van der Waals surface area contributed by atoms with Crippen LogP contribution in [0.15, 0.2) is 89.8 Å². The van der Waals surface area contributed by atoms with Crippen LogP contribution in [0.3, 0.4) is 0 Å². The molecule has 0 fully saturated rings. The zero-order chi connectivity index (χ0) is 24.3. The summed E-state index contributed by atoms with van der Waals surface area (Å²) in [5, 5.41) is 38.9. The zero-order valence-corrected chi connectivity index (χ0v) is 18.8. The van der Waals surface area contributed by atoms with E-state index in [0.717, 1.165) is 22.8 Å². The van der Waals surface area contributed by atoms with E-state index < -0.39 is 21.5 Å². The maximum atomic E-state index is 13.1. The number of sulfonamides is 1. The fourth-order valence-electron chi connectivity index (χ4n) is 3.57. The van der Waals surface area contributed by atoms with Crippen LogP contribution >= 0.6 is 0 Å². The van der Waals surface area contributed by atoms with Crippen LogP contribution in [-0.4, -0.2) is 28.8 Å². The van der Waals surface area contributed by atoms with E-state index in [1.807, 2.05) is 12.1 Å². The van der Waals surface area contributed by atoms with Crippen molar-refractivity contribution in [2.24, 2.45) is 0 Å². The lowest BCUT2D eigenvalue weighted by Gasteiger charge is -2.14. The van der Waals surface area contributed by atoms with Crippen molar-refractivity contribution in [1.82, 2.24) is 4.72 Å². The highest BCUT2D eigenvalue weighted by Crippen LogP contribution is 2.36. The van der Waals surface area contributed by atoms with Gasteiger partial charge in [0.05, 0.1) is 4.90 Å². The fraction of sp³-hybridized carbons (Fsp3) is 0.0769. The van der Waals surface area contributed by atoms with Gasteiger partial charge >= 0.3 is 0 Å². The number of hydrogen-bond donors (Lipinski definition) is 5. The van der Waals surface area contributed by atoms with Crippen LogP contribution in [0.25, 0.3) is 11.1 Å². The first-order valence-corrected chi connectivity index (χ1v) is 11.9. The first kappa shape index (κ1) is 23.2. The summed E-state index contributed by atoms with van der Waals surface area (Å²) in [7, 11) is -4.02. The van der Waals surface area contributed by atoms with E-state index in [0.29, 0.717) is 12.0 Å². The third kappa shape index (κ3) is 5.14. The Morgan fingerprint density at radius 2 is 1.21 bits per heavy atom.